The van der Waals surface area contributed by atoms with Crippen LogP contribution in [0.5, 0.6) is 0 Å². The van der Waals surface area contributed by atoms with E-state index >= 15 is 0 Å². The standard InChI is InChI=1S/C16H18FN3O/c1-11-14(12(2)20(3)19-11)8-9-16(21)18-10-13-6-4-5-7-15(13)17/h4-9H,10H2,1-3H3,(H,18,21)/b9-8+. The Morgan fingerprint density at radius 3 is 2.71 bits per heavy atom. The van der Waals surface area contributed by atoms with Crippen molar-refractivity contribution in [1.29, 1.82) is 0 Å². The fraction of sp³-hybridized carbons (Fsp3) is 0.250. The van der Waals surface area contributed by atoms with Crippen LogP contribution in [0.1, 0.15) is 22.5 Å². The largest absolute Gasteiger partial charge is 0.348 e. The van der Waals surface area contributed by atoms with E-state index < -0.39 is 0 Å². The van der Waals surface area contributed by atoms with Crippen LogP contribution in [-0.4, -0.2) is 15.7 Å². The SMILES string of the molecule is Cc1nn(C)c(C)c1/C=C/C(=O)NCc1ccccc1F. The number of rotatable bonds is 4. The summed E-state index contributed by atoms with van der Waals surface area (Å²) >= 11 is 0. The lowest BCUT2D eigenvalue weighted by molar-refractivity contribution is -0.116. The van der Waals surface area contributed by atoms with Crippen molar-refractivity contribution in [2.24, 2.45) is 7.05 Å². The van der Waals surface area contributed by atoms with Gasteiger partial charge in [0.15, 0.2) is 0 Å². The number of nitrogens with one attached hydrogen (secondary N) is 1. The number of halogens is 1. The summed E-state index contributed by atoms with van der Waals surface area (Å²) in [5, 5.41) is 6.94. The van der Waals surface area contributed by atoms with Crippen molar-refractivity contribution in [3.8, 4) is 0 Å². The topological polar surface area (TPSA) is 46.9 Å². The van der Waals surface area contributed by atoms with Crippen LogP contribution >= 0.6 is 0 Å². The molecule has 0 radical (unpaired) electrons. The second-order valence-electron chi connectivity index (χ2n) is 4.85. The van der Waals surface area contributed by atoms with Gasteiger partial charge in [-0.15, -0.1) is 0 Å². The van der Waals surface area contributed by atoms with E-state index in [0.29, 0.717) is 5.56 Å². The Balaban J connectivity index is 1.99. The predicted octanol–water partition coefficient (Wildman–Crippen LogP) is 2.51. The molecule has 0 fully saturated rings. The van der Waals surface area contributed by atoms with Crippen molar-refractivity contribution >= 4 is 12.0 Å². The van der Waals surface area contributed by atoms with E-state index in [4.69, 9.17) is 0 Å². The average Bonchev–Trinajstić information content (AvgIpc) is 2.69. The number of amides is 1. The summed E-state index contributed by atoms with van der Waals surface area (Å²) in [5.74, 6) is -0.582. The molecule has 4 nitrogen and oxygen atoms in total. The molecule has 1 aromatic heterocycles. The second-order valence-corrected chi connectivity index (χ2v) is 4.85. The zero-order valence-corrected chi connectivity index (χ0v) is 12.4. The lowest BCUT2D eigenvalue weighted by atomic mass is 10.2. The molecule has 0 aliphatic rings. The van der Waals surface area contributed by atoms with Crippen molar-refractivity contribution in [3.63, 3.8) is 0 Å². The molecule has 2 aromatic rings. The van der Waals surface area contributed by atoms with Crippen LogP contribution in [0.3, 0.4) is 0 Å². The molecule has 0 spiro atoms. The monoisotopic (exact) mass is 287 g/mol. The van der Waals surface area contributed by atoms with Crippen LogP contribution < -0.4 is 5.32 Å². The van der Waals surface area contributed by atoms with E-state index in [1.54, 1.807) is 29.0 Å². The maximum Gasteiger partial charge on any atom is 0.244 e. The molecule has 0 saturated heterocycles. The summed E-state index contributed by atoms with van der Waals surface area (Å²) in [6.07, 6.45) is 3.17. The lowest BCUT2D eigenvalue weighted by Crippen LogP contribution is -2.20. The average molecular weight is 287 g/mol. The number of nitrogens with zero attached hydrogens (tertiary/aromatic N) is 2. The van der Waals surface area contributed by atoms with E-state index in [0.717, 1.165) is 17.0 Å². The Hall–Kier alpha value is -2.43. The third kappa shape index (κ3) is 3.56. The fourth-order valence-corrected chi connectivity index (χ4v) is 2.07. The molecular weight excluding hydrogens is 269 g/mol. The molecule has 1 heterocycles. The summed E-state index contributed by atoms with van der Waals surface area (Å²) in [6, 6.07) is 6.38. The van der Waals surface area contributed by atoms with Crippen LogP contribution in [0.25, 0.3) is 6.08 Å². The number of hydrogen-bond acceptors (Lipinski definition) is 2. The molecule has 1 aromatic carbocycles. The van der Waals surface area contributed by atoms with Gasteiger partial charge in [0.1, 0.15) is 5.82 Å². The number of carbonyl (C=O) groups excluding carboxylic acids is 1. The molecule has 1 amide bonds. The first kappa shape index (κ1) is 15.0. The van der Waals surface area contributed by atoms with Gasteiger partial charge in [-0.2, -0.15) is 5.10 Å². The van der Waals surface area contributed by atoms with E-state index in [1.807, 2.05) is 20.9 Å². The minimum absolute atomic E-state index is 0.168. The van der Waals surface area contributed by atoms with Gasteiger partial charge in [-0.25, -0.2) is 4.39 Å². The van der Waals surface area contributed by atoms with Gasteiger partial charge in [0.25, 0.3) is 0 Å². The van der Waals surface area contributed by atoms with Crippen LogP contribution in [0.15, 0.2) is 30.3 Å². The Morgan fingerprint density at radius 1 is 1.38 bits per heavy atom. The molecule has 0 saturated carbocycles. The molecule has 2 rings (SSSR count). The van der Waals surface area contributed by atoms with Crippen molar-refractivity contribution < 1.29 is 9.18 Å². The Morgan fingerprint density at radius 2 is 2.10 bits per heavy atom. The van der Waals surface area contributed by atoms with Crippen molar-refractivity contribution in [3.05, 3.63) is 58.7 Å². The van der Waals surface area contributed by atoms with E-state index in [9.17, 15) is 9.18 Å². The van der Waals surface area contributed by atoms with Crippen LogP contribution in [0.4, 0.5) is 4.39 Å². The molecule has 1 N–H and O–H groups in total. The van der Waals surface area contributed by atoms with Gasteiger partial charge in [-0.05, 0) is 26.0 Å². The zero-order chi connectivity index (χ0) is 15.4. The van der Waals surface area contributed by atoms with Crippen molar-refractivity contribution in [2.75, 3.05) is 0 Å². The fourth-order valence-electron chi connectivity index (χ4n) is 2.07. The maximum absolute atomic E-state index is 13.4. The van der Waals surface area contributed by atoms with Gasteiger partial charge in [0, 0.05) is 36.5 Å². The molecule has 21 heavy (non-hydrogen) atoms. The first-order valence-corrected chi connectivity index (χ1v) is 6.68. The molecule has 0 aliphatic heterocycles. The first-order chi connectivity index (χ1) is 9.99. The Bertz CT molecular complexity index is 689. The van der Waals surface area contributed by atoms with E-state index in [1.165, 1.54) is 12.1 Å². The van der Waals surface area contributed by atoms with Crippen LogP contribution in [-0.2, 0) is 18.4 Å². The summed E-state index contributed by atoms with van der Waals surface area (Å²) in [6.45, 7) is 4.00. The Labute approximate surface area is 123 Å². The molecule has 0 atom stereocenters. The molecule has 110 valence electrons. The highest BCUT2D eigenvalue weighted by Gasteiger charge is 2.07. The summed E-state index contributed by atoms with van der Waals surface area (Å²) in [5.41, 5.74) is 3.25. The lowest BCUT2D eigenvalue weighted by Gasteiger charge is -2.03. The molecular formula is C16H18FN3O. The van der Waals surface area contributed by atoms with Crippen molar-refractivity contribution in [1.82, 2.24) is 15.1 Å². The molecule has 0 unspecified atom stereocenters. The second kappa shape index (κ2) is 6.35. The molecule has 0 aliphatic carbocycles. The van der Waals surface area contributed by atoms with E-state index in [2.05, 4.69) is 10.4 Å². The normalized spacial score (nSPS) is 11.0. The van der Waals surface area contributed by atoms with Gasteiger partial charge in [0.05, 0.1) is 5.69 Å². The first-order valence-electron chi connectivity index (χ1n) is 6.68. The highest BCUT2D eigenvalue weighted by atomic mass is 19.1. The van der Waals surface area contributed by atoms with Gasteiger partial charge in [0.2, 0.25) is 5.91 Å². The highest BCUT2D eigenvalue weighted by molar-refractivity contribution is 5.91. The molecule has 0 bridgehead atoms. The van der Waals surface area contributed by atoms with Gasteiger partial charge >= 0.3 is 0 Å². The maximum atomic E-state index is 13.4. The third-order valence-corrected chi connectivity index (χ3v) is 3.38. The van der Waals surface area contributed by atoms with Gasteiger partial charge < -0.3 is 5.32 Å². The number of aryl methyl sites for hydroxylation is 2. The zero-order valence-electron chi connectivity index (χ0n) is 12.4. The third-order valence-electron chi connectivity index (χ3n) is 3.38. The predicted molar refractivity (Wildman–Crippen MR) is 80.0 cm³/mol. The quantitative estimate of drug-likeness (QED) is 0.878. The highest BCUT2D eigenvalue weighted by Crippen LogP contribution is 2.13. The Kier molecular flexibility index (Phi) is 4.52. The minimum atomic E-state index is -0.319. The van der Waals surface area contributed by atoms with Crippen LogP contribution in [0.2, 0.25) is 0 Å². The summed E-state index contributed by atoms with van der Waals surface area (Å²) in [7, 11) is 1.86. The molecule has 5 heteroatoms. The number of carbonyl (C=O) groups is 1. The number of benzene rings is 1. The summed E-state index contributed by atoms with van der Waals surface area (Å²) < 4.78 is 15.2. The van der Waals surface area contributed by atoms with Crippen molar-refractivity contribution in [2.45, 2.75) is 20.4 Å². The number of aromatic nitrogens is 2. The number of hydrogen-bond donors (Lipinski definition) is 1. The van der Waals surface area contributed by atoms with Crippen LogP contribution in [0, 0.1) is 19.7 Å². The minimum Gasteiger partial charge on any atom is -0.348 e. The smallest absolute Gasteiger partial charge is 0.244 e. The summed E-state index contributed by atoms with van der Waals surface area (Å²) in [4.78, 5) is 11.8. The van der Waals surface area contributed by atoms with Gasteiger partial charge in [-0.3, -0.25) is 9.48 Å². The van der Waals surface area contributed by atoms with Gasteiger partial charge in [-0.1, -0.05) is 18.2 Å². The van der Waals surface area contributed by atoms with E-state index in [-0.39, 0.29) is 18.3 Å².